The molecule has 0 spiro atoms. The van der Waals surface area contributed by atoms with E-state index in [0.717, 1.165) is 21.6 Å². The van der Waals surface area contributed by atoms with Gasteiger partial charge in [-0.05, 0) is 58.0 Å². The fourth-order valence-corrected chi connectivity index (χ4v) is 4.93. The Bertz CT molecular complexity index is 1530. The predicted molar refractivity (Wildman–Crippen MR) is 137 cm³/mol. The summed E-state index contributed by atoms with van der Waals surface area (Å²) >= 11 is 7.15. The average molecular weight is 544 g/mol. The van der Waals surface area contributed by atoms with Crippen LogP contribution in [-0.4, -0.2) is 46.6 Å². The summed E-state index contributed by atoms with van der Waals surface area (Å²) in [6.07, 6.45) is 0. The van der Waals surface area contributed by atoms with E-state index in [2.05, 4.69) is 10.4 Å². The van der Waals surface area contributed by atoms with Crippen molar-refractivity contribution in [3.8, 4) is 5.69 Å². The first-order valence-electron chi connectivity index (χ1n) is 11.1. The van der Waals surface area contributed by atoms with Crippen LogP contribution in [0.4, 0.5) is 5.88 Å². The molecule has 0 aliphatic carbocycles. The zero-order valence-corrected chi connectivity index (χ0v) is 21.9. The van der Waals surface area contributed by atoms with Crippen LogP contribution in [0, 0.1) is 13.8 Å². The molecule has 4 aromatic rings. The summed E-state index contributed by atoms with van der Waals surface area (Å²) in [5, 5.41) is 8.27. The van der Waals surface area contributed by atoms with Crippen LogP contribution in [-0.2, 0) is 14.3 Å². The summed E-state index contributed by atoms with van der Waals surface area (Å²) in [4.78, 5) is 50.6. The van der Waals surface area contributed by atoms with Gasteiger partial charge in [0.1, 0.15) is 21.0 Å². The first-order chi connectivity index (χ1) is 17.6. The van der Waals surface area contributed by atoms with Gasteiger partial charge in [0.25, 0.3) is 5.91 Å². The highest BCUT2D eigenvalue weighted by Crippen LogP contribution is 2.31. The predicted octanol–water partition coefficient (Wildman–Crippen LogP) is 5.13. The van der Waals surface area contributed by atoms with Crippen LogP contribution < -0.4 is 5.32 Å². The Morgan fingerprint density at radius 1 is 1.08 bits per heavy atom. The normalized spacial score (nSPS) is 10.9. The molecule has 0 atom stereocenters. The molecule has 10 nitrogen and oxygen atoms in total. The van der Waals surface area contributed by atoms with Crippen LogP contribution in [0.15, 0.2) is 34.7 Å². The van der Waals surface area contributed by atoms with Crippen molar-refractivity contribution in [2.75, 3.05) is 18.5 Å². The molecule has 192 valence electrons. The molecule has 12 heteroatoms. The van der Waals surface area contributed by atoms with E-state index in [1.807, 2.05) is 19.1 Å². The van der Waals surface area contributed by atoms with Crippen molar-refractivity contribution >= 4 is 62.7 Å². The standard InChI is InChI=1S/C25H22ClN3O7S/c1-5-34-25(33)21-20(13(3)30)14(4)36-22(21)27-19(31)11-35-24(32)18-10-17-12(2)28-29(23(17)37-18)16-8-6-15(26)7-9-16/h6-10H,5,11H2,1-4H3,(H,27,31). The van der Waals surface area contributed by atoms with Gasteiger partial charge in [0.15, 0.2) is 12.4 Å². The second-order valence-corrected chi connectivity index (χ2v) is 9.41. The smallest absolute Gasteiger partial charge is 0.348 e. The van der Waals surface area contributed by atoms with E-state index in [1.165, 1.54) is 25.2 Å². The van der Waals surface area contributed by atoms with Gasteiger partial charge in [0.05, 0.1) is 23.6 Å². The Balaban J connectivity index is 1.49. The number of fused-ring (bicyclic) bond motifs is 1. The minimum atomic E-state index is -0.813. The molecule has 0 aliphatic rings. The van der Waals surface area contributed by atoms with Crippen LogP contribution in [0.2, 0.25) is 5.02 Å². The lowest BCUT2D eigenvalue weighted by Crippen LogP contribution is -2.22. The highest BCUT2D eigenvalue weighted by atomic mass is 35.5. The minimum absolute atomic E-state index is 0.0149. The second kappa shape index (κ2) is 10.6. The Hall–Kier alpha value is -3.96. The average Bonchev–Trinajstić information content (AvgIpc) is 3.51. The molecule has 0 aliphatic heterocycles. The maximum Gasteiger partial charge on any atom is 0.348 e. The third kappa shape index (κ3) is 5.27. The van der Waals surface area contributed by atoms with Crippen molar-refractivity contribution in [1.82, 2.24) is 9.78 Å². The Morgan fingerprint density at radius 2 is 1.78 bits per heavy atom. The first kappa shape index (κ1) is 26.1. The number of carbonyl (C=O) groups is 4. The summed E-state index contributed by atoms with van der Waals surface area (Å²) < 4.78 is 17.3. The maximum absolute atomic E-state index is 12.7. The van der Waals surface area contributed by atoms with Crippen LogP contribution in [0.25, 0.3) is 15.9 Å². The van der Waals surface area contributed by atoms with Crippen molar-refractivity contribution < 1.29 is 33.1 Å². The third-order valence-electron chi connectivity index (χ3n) is 5.32. The quantitative estimate of drug-likeness (QED) is 0.239. The van der Waals surface area contributed by atoms with Crippen LogP contribution in [0.3, 0.4) is 0 Å². The van der Waals surface area contributed by atoms with E-state index in [0.29, 0.717) is 5.02 Å². The van der Waals surface area contributed by atoms with E-state index < -0.39 is 30.2 Å². The van der Waals surface area contributed by atoms with Gasteiger partial charge < -0.3 is 13.9 Å². The number of hydrogen-bond donors (Lipinski definition) is 1. The number of ketones is 1. The van der Waals surface area contributed by atoms with E-state index in [4.69, 9.17) is 25.5 Å². The van der Waals surface area contributed by atoms with Gasteiger partial charge in [-0.1, -0.05) is 11.6 Å². The van der Waals surface area contributed by atoms with E-state index in [9.17, 15) is 19.2 Å². The Morgan fingerprint density at radius 3 is 2.43 bits per heavy atom. The fourth-order valence-electron chi connectivity index (χ4n) is 3.72. The topological polar surface area (TPSA) is 130 Å². The lowest BCUT2D eigenvalue weighted by Gasteiger charge is -2.06. The van der Waals surface area contributed by atoms with Crippen molar-refractivity contribution in [1.29, 1.82) is 0 Å². The first-order valence-corrected chi connectivity index (χ1v) is 12.3. The molecule has 0 saturated carbocycles. The molecular weight excluding hydrogens is 522 g/mol. The Kier molecular flexibility index (Phi) is 7.46. The molecule has 1 N–H and O–H groups in total. The SMILES string of the molecule is CCOC(=O)c1c(NC(=O)COC(=O)c2cc3c(C)nn(-c4ccc(Cl)cc4)c3s2)oc(C)c1C(C)=O. The maximum atomic E-state index is 12.7. The number of aromatic nitrogens is 2. The van der Waals surface area contributed by atoms with Crippen LogP contribution in [0.5, 0.6) is 0 Å². The number of Topliss-reactive ketones (excluding diaryl/α,β-unsaturated/α-hetero) is 1. The molecule has 3 aromatic heterocycles. The molecule has 1 aromatic carbocycles. The van der Waals surface area contributed by atoms with Crippen molar-refractivity contribution in [3.63, 3.8) is 0 Å². The van der Waals surface area contributed by atoms with Crippen LogP contribution in [0.1, 0.15) is 55.7 Å². The number of esters is 2. The van der Waals surface area contributed by atoms with E-state index >= 15 is 0 Å². The number of halogens is 1. The number of anilines is 1. The monoisotopic (exact) mass is 543 g/mol. The zero-order chi connectivity index (χ0) is 26.9. The number of furan rings is 1. The fraction of sp³-hybridized carbons (Fsp3) is 0.240. The number of hydrogen-bond acceptors (Lipinski definition) is 9. The number of carbonyl (C=O) groups excluding carboxylic acids is 4. The molecule has 1 amide bonds. The minimum Gasteiger partial charge on any atom is -0.462 e. The molecule has 0 saturated heterocycles. The number of thiophene rings is 1. The van der Waals surface area contributed by atoms with Gasteiger partial charge >= 0.3 is 11.9 Å². The lowest BCUT2D eigenvalue weighted by atomic mass is 10.1. The third-order valence-corrected chi connectivity index (χ3v) is 6.66. The van der Waals surface area contributed by atoms with Crippen LogP contribution >= 0.6 is 22.9 Å². The molecule has 0 unspecified atom stereocenters. The molecule has 4 rings (SSSR count). The molecule has 3 heterocycles. The molecular formula is C25H22ClN3O7S. The van der Waals surface area contributed by atoms with Gasteiger partial charge in [-0.15, -0.1) is 11.3 Å². The van der Waals surface area contributed by atoms with Gasteiger partial charge in [0, 0.05) is 10.4 Å². The van der Waals surface area contributed by atoms with Crippen molar-refractivity contribution in [3.05, 3.63) is 62.8 Å². The highest BCUT2D eigenvalue weighted by molar-refractivity contribution is 7.20. The number of rotatable bonds is 8. The summed E-state index contributed by atoms with van der Waals surface area (Å²) in [6.45, 7) is 5.61. The molecule has 37 heavy (non-hydrogen) atoms. The number of ether oxygens (including phenoxy) is 2. The summed E-state index contributed by atoms with van der Waals surface area (Å²) in [6, 6.07) is 8.77. The molecule has 0 radical (unpaired) electrons. The van der Waals surface area contributed by atoms with E-state index in [1.54, 1.807) is 29.8 Å². The van der Waals surface area contributed by atoms with Gasteiger partial charge in [-0.25, -0.2) is 14.3 Å². The number of nitrogens with one attached hydrogen (secondary N) is 1. The number of aryl methyl sites for hydroxylation is 2. The molecule has 0 bridgehead atoms. The second-order valence-electron chi connectivity index (χ2n) is 7.94. The number of nitrogens with zero attached hydrogens (tertiary/aromatic N) is 2. The summed E-state index contributed by atoms with van der Waals surface area (Å²) in [5.41, 5.74) is 1.33. The van der Waals surface area contributed by atoms with E-state index in [-0.39, 0.29) is 34.3 Å². The zero-order valence-electron chi connectivity index (χ0n) is 20.3. The van der Waals surface area contributed by atoms with Gasteiger partial charge in [-0.3, -0.25) is 14.9 Å². The van der Waals surface area contributed by atoms with Crippen molar-refractivity contribution in [2.45, 2.75) is 27.7 Å². The number of benzene rings is 1. The Labute approximate surface area is 220 Å². The largest absolute Gasteiger partial charge is 0.462 e. The summed E-state index contributed by atoms with van der Waals surface area (Å²) in [7, 11) is 0. The van der Waals surface area contributed by atoms with Gasteiger partial charge in [-0.2, -0.15) is 5.10 Å². The highest BCUT2D eigenvalue weighted by Gasteiger charge is 2.29. The van der Waals surface area contributed by atoms with Gasteiger partial charge in [0.2, 0.25) is 5.88 Å². The molecule has 0 fully saturated rings. The van der Waals surface area contributed by atoms with Crippen molar-refractivity contribution in [2.24, 2.45) is 0 Å². The lowest BCUT2D eigenvalue weighted by molar-refractivity contribution is -0.119. The summed E-state index contributed by atoms with van der Waals surface area (Å²) in [5.74, 6) is -2.79. The number of amides is 1.